The first-order chi connectivity index (χ1) is 5.91. The van der Waals surface area contributed by atoms with Gasteiger partial charge in [0.25, 0.3) is 0 Å². The third kappa shape index (κ3) is 3.63. The van der Waals surface area contributed by atoms with Gasteiger partial charge in [0.15, 0.2) is 0 Å². The number of aliphatic hydroxyl groups excluding tert-OH is 1. The molecule has 0 heterocycles. The van der Waals surface area contributed by atoms with E-state index >= 15 is 0 Å². The fourth-order valence-corrected chi connectivity index (χ4v) is 1.44. The summed E-state index contributed by atoms with van der Waals surface area (Å²) in [7, 11) is 2.02. The Morgan fingerprint density at radius 3 is 1.92 bits per heavy atom. The van der Waals surface area contributed by atoms with Crippen molar-refractivity contribution in [1.29, 1.82) is 0 Å². The van der Waals surface area contributed by atoms with Crippen molar-refractivity contribution in [2.45, 2.75) is 45.8 Å². The van der Waals surface area contributed by atoms with Crippen molar-refractivity contribution in [2.75, 3.05) is 13.7 Å². The number of aliphatic hydroxyl groups is 1. The van der Waals surface area contributed by atoms with Crippen LogP contribution in [0.25, 0.3) is 0 Å². The van der Waals surface area contributed by atoms with Crippen LogP contribution in [0, 0.1) is 5.92 Å². The maximum atomic E-state index is 9.18. The Morgan fingerprint density at radius 2 is 1.69 bits per heavy atom. The zero-order valence-electron chi connectivity index (χ0n) is 9.49. The molecule has 0 bridgehead atoms. The maximum absolute atomic E-state index is 9.18. The average Bonchev–Trinajstić information content (AvgIpc) is 2.03. The summed E-state index contributed by atoms with van der Waals surface area (Å²) in [5.41, 5.74) is 5.78. The molecule has 0 spiro atoms. The molecule has 3 N–H and O–H groups in total. The normalized spacial score (nSPS) is 19.2. The molecule has 0 aliphatic rings. The number of rotatable bonds is 5. The van der Waals surface area contributed by atoms with Crippen LogP contribution < -0.4 is 5.73 Å². The minimum absolute atomic E-state index is 0.0104. The topological polar surface area (TPSA) is 49.5 Å². The highest BCUT2D eigenvalue weighted by atomic mass is 16.3. The molecule has 0 fully saturated rings. The summed E-state index contributed by atoms with van der Waals surface area (Å²) in [6, 6.07) is 0.525. The summed E-state index contributed by atoms with van der Waals surface area (Å²) in [5, 5.41) is 9.18. The van der Waals surface area contributed by atoms with Crippen molar-refractivity contribution in [3.8, 4) is 0 Å². The number of nitrogens with zero attached hydrogens (tertiary/aromatic N) is 1. The van der Waals surface area contributed by atoms with E-state index in [1.165, 1.54) is 0 Å². The Labute approximate surface area is 81.9 Å². The molecule has 0 saturated carbocycles. The molecule has 0 aromatic carbocycles. The van der Waals surface area contributed by atoms with Gasteiger partial charge in [-0.05, 0) is 26.8 Å². The van der Waals surface area contributed by atoms with E-state index in [1.807, 2.05) is 14.0 Å². The predicted octanol–water partition coefficient (Wildman–Crippen LogP) is 0.671. The molecule has 80 valence electrons. The van der Waals surface area contributed by atoms with Crippen molar-refractivity contribution in [2.24, 2.45) is 11.7 Å². The van der Waals surface area contributed by atoms with E-state index in [9.17, 15) is 5.11 Å². The van der Waals surface area contributed by atoms with E-state index in [4.69, 9.17) is 5.73 Å². The third-order valence-electron chi connectivity index (χ3n) is 2.92. The zero-order chi connectivity index (χ0) is 10.6. The van der Waals surface area contributed by atoms with E-state index < -0.39 is 0 Å². The molecule has 3 unspecified atom stereocenters. The summed E-state index contributed by atoms with van der Waals surface area (Å²) in [6.07, 6.45) is 0. The molecule has 0 saturated heterocycles. The van der Waals surface area contributed by atoms with Crippen LogP contribution in [0.5, 0.6) is 0 Å². The maximum Gasteiger partial charge on any atom is 0.0601 e. The molecule has 3 nitrogen and oxygen atoms in total. The Bertz CT molecular complexity index is 137. The van der Waals surface area contributed by atoms with Gasteiger partial charge >= 0.3 is 0 Å². The molecule has 0 aliphatic heterocycles. The molecule has 0 amide bonds. The number of hydrogen-bond donors (Lipinski definition) is 2. The largest absolute Gasteiger partial charge is 0.395 e. The molecular weight excluding hydrogens is 164 g/mol. The minimum Gasteiger partial charge on any atom is -0.395 e. The zero-order valence-corrected chi connectivity index (χ0v) is 9.49. The van der Waals surface area contributed by atoms with Crippen LogP contribution in [0.15, 0.2) is 0 Å². The van der Waals surface area contributed by atoms with Gasteiger partial charge in [-0.25, -0.2) is 0 Å². The SMILES string of the molecule is CC(C)C(C)N(C)C(CO)C(C)N. The Morgan fingerprint density at radius 1 is 1.23 bits per heavy atom. The van der Waals surface area contributed by atoms with Crippen LogP contribution in [0.4, 0.5) is 0 Å². The molecule has 3 heteroatoms. The van der Waals surface area contributed by atoms with Gasteiger partial charge in [0.05, 0.1) is 6.61 Å². The van der Waals surface area contributed by atoms with E-state index in [0.717, 1.165) is 0 Å². The third-order valence-corrected chi connectivity index (χ3v) is 2.92. The van der Waals surface area contributed by atoms with Crippen molar-refractivity contribution < 1.29 is 5.11 Å². The molecule has 0 rings (SSSR count). The first kappa shape index (κ1) is 12.9. The highest BCUT2D eigenvalue weighted by Crippen LogP contribution is 2.12. The second-order valence-electron chi connectivity index (χ2n) is 4.26. The fourth-order valence-electron chi connectivity index (χ4n) is 1.44. The highest BCUT2D eigenvalue weighted by Gasteiger charge is 2.23. The predicted molar refractivity (Wildman–Crippen MR) is 56.6 cm³/mol. The molecule has 0 aliphatic carbocycles. The second kappa shape index (κ2) is 5.58. The Hall–Kier alpha value is -0.120. The van der Waals surface area contributed by atoms with Gasteiger partial charge < -0.3 is 10.8 Å². The van der Waals surface area contributed by atoms with Crippen molar-refractivity contribution >= 4 is 0 Å². The second-order valence-corrected chi connectivity index (χ2v) is 4.26. The summed E-state index contributed by atoms with van der Waals surface area (Å²) in [4.78, 5) is 2.16. The molecule has 3 atom stereocenters. The van der Waals surface area contributed by atoms with Gasteiger partial charge in [-0.2, -0.15) is 0 Å². The van der Waals surface area contributed by atoms with Gasteiger partial charge in [-0.15, -0.1) is 0 Å². The molecule has 0 aromatic heterocycles. The van der Waals surface area contributed by atoms with Crippen LogP contribution in [0.1, 0.15) is 27.7 Å². The molecule has 13 heavy (non-hydrogen) atoms. The van der Waals surface area contributed by atoms with Gasteiger partial charge in [-0.3, -0.25) is 4.90 Å². The van der Waals surface area contributed by atoms with E-state index in [1.54, 1.807) is 0 Å². The first-order valence-corrected chi connectivity index (χ1v) is 5.00. The monoisotopic (exact) mass is 188 g/mol. The summed E-state index contributed by atoms with van der Waals surface area (Å²) in [6.45, 7) is 8.58. The quantitative estimate of drug-likeness (QED) is 0.667. The molecule has 0 aromatic rings. The van der Waals surface area contributed by atoms with Gasteiger partial charge in [-0.1, -0.05) is 13.8 Å². The standard InChI is InChI=1S/C10H24N2O/c1-7(2)9(4)12(5)10(6-13)8(3)11/h7-10,13H,6,11H2,1-5H3. The summed E-state index contributed by atoms with van der Waals surface area (Å²) >= 11 is 0. The summed E-state index contributed by atoms with van der Waals surface area (Å²) < 4.78 is 0. The van der Waals surface area contributed by atoms with Crippen LogP contribution in [-0.2, 0) is 0 Å². The lowest BCUT2D eigenvalue weighted by molar-refractivity contribution is 0.0826. The summed E-state index contributed by atoms with van der Waals surface area (Å²) in [5.74, 6) is 0.581. The van der Waals surface area contributed by atoms with Crippen LogP contribution in [0.3, 0.4) is 0 Å². The van der Waals surface area contributed by atoms with Gasteiger partial charge in [0.2, 0.25) is 0 Å². The molecular formula is C10H24N2O. The Balaban J connectivity index is 4.27. The van der Waals surface area contributed by atoms with Gasteiger partial charge in [0, 0.05) is 18.1 Å². The lowest BCUT2D eigenvalue weighted by Crippen LogP contribution is -2.51. The van der Waals surface area contributed by atoms with Gasteiger partial charge in [0.1, 0.15) is 0 Å². The van der Waals surface area contributed by atoms with Crippen LogP contribution in [0.2, 0.25) is 0 Å². The number of hydrogen-bond acceptors (Lipinski definition) is 3. The van der Waals surface area contributed by atoms with E-state index in [0.29, 0.717) is 12.0 Å². The van der Waals surface area contributed by atoms with Crippen molar-refractivity contribution in [3.05, 3.63) is 0 Å². The Kier molecular flexibility index (Phi) is 5.53. The van der Waals surface area contributed by atoms with Crippen LogP contribution >= 0.6 is 0 Å². The van der Waals surface area contributed by atoms with E-state index in [2.05, 4.69) is 25.7 Å². The van der Waals surface area contributed by atoms with Crippen LogP contribution in [-0.4, -0.2) is 41.8 Å². The smallest absolute Gasteiger partial charge is 0.0601 e. The lowest BCUT2D eigenvalue weighted by atomic mass is 10.0. The number of likely N-dealkylation sites (N-methyl/N-ethyl adjacent to an activating group) is 1. The highest BCUT2D eigenvalue weighted by molar-refractivity contribution is 4.80. The van der Waals surface area contributed by atoms with Crippen molar-refractivity contribution in [1.82, 2.24) is 4.90 Å². The first-order valence-electron chi connectivity index (χ1n) is 5.00. The fraction of sp³-hybridized carbons (Fsp3) is 1.00. The molecule has 0 radical (unpaired) electrons. The van der Waals surface area contributed by atoms with Crippen molar-refractivity contribution in [3.63, 3.8) is 0 Å². The number of nitrogens with two attached hydrogens (primary N) is 1. The average molecular weight is 188 g/mol. The lowest BCUT2D eigenvalue weighted by Gasteiger charge is -2.36. The minimum atomic E-state index is 0.0104. The van der Waals surface area contributed by atoms with E-state index in [-0.39, 0.29) is 18.7 Å².